The summed E-state index contributed by atoms with van der Waals surface area (Å²) in [6.07, 6.45) is -4.17. The third-order valence-corrected chi connectivity index (χ3v) is 4.15. The zero-order valence-corrected chi connectivity index (χ0v) is 11.7. The number of rotatable bonds is 4. The average Bonchev–Trinajstić information content (AvgIpc) is 2.85. The van der Waals surface area contributed by atoms with Crippen LogP contribution in [0.15, 0.2) is 35.2 Å². The van der Waals surface area contributed by atoms with E-state index in [0.29, 0.717) is 12.1 Å². The second-order valence-electron chi connectivity index (χ2n) is 4.23. The first-order chi connectivity index (χ1) is 9.74. The summed E-state index contributed by atoms with van der Waals surface area (Å²) in [5.41, 5.74) is -0.555. The molecule has 0 unspecified atom stereocenters. The minimum atomic E-state index is -4.76. The van der Waals surface area contributed by atoms with Crippen molar-refractivity contribution in [2.45, 2.75) is 24.4 Å². The van der Waals surface area contributed by atoms with Gasteiger partial charge in [-0.15, -0.1) is 0 Å². The zero-order chi connectivity index (χ0) is 15.7. The number of anilines is 1. The van der Waals surface area contributed by atoms with Gasteiger partial charge in [0.1, 0.15) is 0 Å². The Balaban J connectivity index is 2.40. The van der Waals surface area contributed by atoms with Crippen molar-refractivity contribution >= 4 is 15.8 Å². The summed E-state index contributed by atoms with van der Waals surface area (Å²) in [4.78, 5) is -0.835. The molecule has 0 fully saturated rings. The highest BCUT2D eigenvalue weighted by Crippen LogP contribution is 2.34. The first-order valence-electron chi connectivity index (χ1n) is 5.97. The highest BCUT2D eigenvalue weighted by atomic mass is 32.2. The Bertz CT molecular complexity index is 738. The van der Waals surface area contributed by atoms with Crippen molar-refractivity contribution in [2.75, 3.05) is 4.72 Å². The summed E-state index contributed by atoms with van der Waals surface area (Å²) in [7, 11) is -4.37. The van der Waals surface area contributed by atoms with Crippen molar-refractivity contribution in [1.82, 2.24) is 10.2 Å². The fraction of sp³-hybridized carbons (Fsp3) is 0.250. The largest absolute Gasteiger partial charge is 0.417 e. The molecule has 0 atom stereocenters. The lowest BCUT2D eigenvalue weighted by atomic mass is 10.2. The molecule has 5 nitrogen and oxygen atoms in total. The fourth-order valence-electron chi connectivity index (χ4n) is 1.72. The van der Waals surface area contributed by atoms with E-state index < -0.39 is 26.7 Å². The van der Waals surface area contributed by atoms with Crippen LogP contribution in [0.4, 0.5) is 19.0 Å². The van der Waals surface area contributed by atoms with E-state index in [1.807, 2.05) is 11.6 Å². The number of aromatic amines is 1. The van der Waals surface area contributed by atoms with Crippen molar-refractivity contribution in [3.63, 3.8) is 0 Å². The molecule has 0 saturated heterocycles. The van der Waals surface area contributed by atoms with Gasteiger partial charge in [-0.3, -0.25) is 9.82 Å². The summed E-state index contributed by atoms with van der Waals surface area (Å²) in [6.45, 7) is 1.82. The van der Waals surface area contributed by atoms with Crippen LogP contribution >= 0.6 is 0 Å². The standard InChI is InChI=1S/C12H12F3N3O2S/c1-2-8-7-11(17-16-8)18-21(19,20)10-6-4-3-5-9(10)12(13,14)15/h3-7H,2H2,1H3,(H2,16,17,18). The molecule has 9 heteroatoms. The van der Waals surface area contributed by atoms with Crippen LogP contribution < -0.4 is 4.72 Å². The third-order valence-electron chi connectivity index (χ3n) is 2.73. The second kappa shape index (κ2) is 5.40. The van der Waals surface area contributed by atoms with Gasteiger partial charge in [-0.25, -0.2) is 8.42 Å². The normalized spacial score (nSPS) is 12.4. The number of nitrogens with zero attached hydrogens (tertiary/aromatic N) is 1. The van der Waals surface area contributed by atoms with E-state index in [9.17, 15) is 21.6 Å². The van der Waals surface area contributed by atoms with Gasteiger partial charge >= 0.3 is 6.18 Å². The minimum Gasteiger partial charge on any atom is -0.280 e. The van der Waals surface area contributed by atoms with Crippen LogP contribution in [0.2, 0.25) is 0 Å². The van der Waals surface area contributed by atoms with Crippen molar-refractivity contribution in [3.05, 3.63) is 41.6 Å². The molecule has 2 N–H and O–H groups in total. The molecule has 0 aliphatic carbocycles. The van der Waals surface area contributed by atoms with E-state index >= 15 is 0 Å². The van der Waals surface area contributed by atoms with Crippen LogP contribution in [0.25, 0.3) is 0 Å². The third kappa shape index (κ3) is 3.35. The van der Waals surface area contributed by atoms with E-state index in [2.05, 4.69) is 10.2 Å². The molecule has 0 aliphatic rings. The van der Waals surface area contributed by atoms with E-state index in [-0.39, 0.29) is 5.82 Å². The van der Waals surface area contributed by atoms with E-state index in [4.69, 9.17) is 0 Å². The highest BCUT2D eigenvalue weighted by molar-refractivity contribution is 7.92. The zero-order valence-electron chi connectivity index (χ0n) is 10.9. The molecular formula is C12H12F3N3O2S. The van der Waals surface area contributed by atoms with Crippen LogP contribution in [-0.4, -0.2) is 18.6 Å². The Hall–Kier alpha value is -2.03. The monoisotopic (exact) mass is 319 g/mol. The predicted molar refractivity (Wildman–Crippen MR) is 70.2 cm³/mol. The van der Waals surface area contributed by atoms with Crippen LogP contribution in [0, 0.1) is 0 Å². The van der Waals surface area contributed by atoms with Crippen LogP contribution in [-0.2, 0) is 22.6 Å². The van der Waals surface area contributed by atoms with E-state index in [1.165, 1.54) is 12.1 Å². The molecule has 0 aliphatic heterocycles. The van der Waals surface area contributed by atoms with Gasteiger partial charge in [0.25, 0.3) is 10.0 Å². The average molecular weight is 319 g/mol. The highest BCUT2D eigenvalue weighted by Gasteiger charge is 2.37. The van der Waals surface area contributed by atoms with Crippen LogP contribution in [0.3, 0.4) is 0 Å². The molecule has 2 aromatic rings. The maximum absolute atomic E-state index is 12.9. The van der Waals surface area contributed by atoms with Gasteiger partial charge in [-0.1, -0.05) is 19.1 Å². The maximum Gasteiger partial charge on any atom is 0.417 e. The smallest absolute Gasteiger partial charge is 0.280 e. The van der Waals surface area contributed by atoms with Gasteiger partial charge in [0.15, 0.2) is 5.82 Å². The Labute approximate surface area is 119 Å². The summed E-state index contributed by atoms with van der Waals surface area (Å²) in [5, 5.41) is 6.27. The number of sulfonamides is 1. The van der Waals surface area contributed by atoms with Gasteiger partial charge in [-0.2, -0.15) is 18.3 Å². The molecule has 1 aromatic heterocycles. The second-order valence-corrected chi connectivity index (χ2v) is 5.88. The first-order valence-corrected chi connectivity index (χ1v) is 7.45. The number of hydrogen-bond acceptors (Lipinski definition) is 3. The number of benzene rings is 1. The van der Waals surface area contributed by atoms with Crippen molar-refractivity contribution in [3.8, 4) is 0 Å². The fourth-order valence-corrected chi connectivity index (χ4v) is 2.94. The molecule has 1 aromatic carbocycles. The Kier molecular flexibility index (Phi) is 3.95. The molecule has 0 saturated carbocycles. The summed E-state index contributed by atoms with van der Waals surface area (Å²) in [5.74, 6) is -0.0520. The molecule has 21 heavy (non-hydrogen) atoms. The minimum absolute atomic E-state index is 0.0520. The lowest BCUT2D eigenvalue weighted by molar-refractivity contribution is -0.139. The lowest BCUT2D eigenvalue weighted by Crippen LogP contribution is -2.19. The summed E-state index contributed by atoms with van der Waals surface area (Å²) in [6, 6.07) is 5.40. The van der Waals surface area contributed by atoms with Gasteiger partial charge in [0, 0.05) is 11.8 Å². The Morgan fingerprint density at radius 2 is 1.95 bits per heavy atom. The molecule has 1 heterocycles. The van der Waals surface area contributed by atoms with Crippen LogP contribution in [0.5, 0.6) is 0 Å². The predicted octanol–water partition coefficient (Wildman–Crippen LogP) is 2.79. The number of aryl methyl sites for hydroxylation is 1. The molecule has 0 amide bonds. The molecule has 0 spiro atoms. The van der Waals surface area contributed by atoms with E-state index in [1.54, 1.807) is 0 Å². The molecular weight excluding hydrogens is 307 g/mol. The van der Waals surface area contributed by atoms with Gasteiger partial charge in [0.2, 0.25) is 0 Å². The van der Waals surface area contributed by atoms with Gasteiger partial charge < -0.3 is 0 Å². The molecule has 0 radical (unpaired) electrons. The number of H-pyrrole nitrogens is 1. The topological polar surface area (TPSA) is 74.8 Å². The van der Waals surface area contributed by atoms with Crippen LogP contribution in [0.1, 0.15) is 18.2 Å². The molecule has 114 valence electrons. The van der Waals surface area contributed by atoms with Crippen molar-refractivity contribution in [2.24, 2.45) is 0 Å². The number of halogens is 3. The Morgan fingerprint density at radius 3 is 2.52 bits per heavy atom. The van der Waals surface area contributed by atoms with Crippen molar-refractivity contribution < 1.29 is 21.6 Å². The quantitative estimate of drug-likeness (QED) is 0.910. The van der Waals surface area contributed by atoms with E-state index in [0.717, 1.165) is 18.2 Å². The molecule has 0 bridgehead atoms. The summed E-state index contributed by atoms with van der Waals surface area (Å²) >= 11 is 0. The summed E-state index contributed by atoms with van der Waals surface area (Å²) < 4.78 is 64.8. The first kappa shape index (κ1) is 15.4. The van der Waals surface area contributed by atoms with Crippen molar-refractivity contribution in [1.29, 1.82) is 0 Å². The number of nitrogens with one attached hydrogen (secondary N) is 2. The maximum atomic E-state index is 12.9. The number of hydrogen-bond donors (Lipinski definition) is 2. The van der Waals surface area contributed by atoms with Gasteiger partial charge in [0.05, 0.1) is 10.5 Å². The number of aromatic nitrogens is 2. The SMILES string of the molecule is CCc1cc(NS(=O)(=O)c2ccccc2C(F)(F)F)n[nH]1. The lowest BCUT2D eigenvalue weighted by Gasteiger charge is -2.13. The Morgan fingerprint density at radius 1 is 1.29 bits per heavy atom. The van der Waals surface area contributed by atoms with Gasteiger partial charge in [-0.05, 0) is 18.6 Å². The number of alkyl halides is 3. The molecule has 2 rings (SSSR count).